The highest BCUT2D eigenvalue weighted by molar-refractivity contribution is 9.11. The van der Waals surface area contributed by atoms with Crippen molar-refractivity contribution in [2.45, 2.75) is 31.3 Å². The first-order valence-corrected chi connectivity index (χ1v) is 9.16. The van der Waals surface area contributed by atoms with Crippen LogP contribution in [0.3, 0.4) is 0 Å². The molecule has 3 nitrogen and oxygen atoms in total. The Labute approximate surface area is 146 Å². The van der Waals surface area contributed by atoms with Crippen molar-refractivity contribution in [3.8, 4) is 0 Å². The summed E-state index contributed by atoms with van der Waals surface area (Å²) in [6.45, 7) is 0.702. The lowest BCUT2D eigenvalue weighted by molar-refractivity contribution is -0.145. The summed E-state index contributed by atoms with van der Waals surface area (Å²) in [6, 6.07) is 9.64. The first-order chi connectivity index (χ1) is 11.1. The molecule has 0 bridgehead atoms. The number of aliphatic carboxylic acids is 1. The molecular formula is C17H17BrFNO2S. The number of hydrogen-bond acceptors (Lipinski definition) is 3. The van der Waals surface area contributed by atoms with Gasteiger partial charge in [-0.2, -0.15) is 0 Å². The fourth-order valence-electron chi connectivity index (χ4n) is 3.20. The smallest absolute Gasteiger partial charge is 0.320 e. The summed E-state index contributed by atoms with van der Waals surface area (Å²) in [7, 11) is 0. The number of rotatable bonds is 4. The highest BCUT2D eigenvalue weighted by atomic mass is 79.9. The van der Waals surface area contributed by atoms with Gasteiger partial charge >= 0.3 is 5.97 Å². The van der Waals surface area contributed by atoms with Crippen molar-refractivity contribution in [3.05, 3.63) is 56.4 Å². The quantitative estimate of drug-likeness (QED) is 0.813. The van der Waals surface area contributed by atoms with E-state index < -0.39 is 12.0 Å². The minimum absolute atomic E-state index is 0.233. The van der Waals surface area contributed by atoms with Crippen molar-refractivity contribution in [3.63, 3.8) is 0 Å². The van der Waals surface area contributed by atoms with Crippen molar-refractivity contribution in [2.24, 2.45) is 0 Å². The van der Waals surface area contributed by atoms with E-state index in [4.69, 9.17) is 0 Å². The first kappa shape index (κ1) is 16.6. The van der Waals surface area contributed by atoms with Crippen molar-refractivity contribution >= 4 is 33.2 Å². The molecule has 1 aliphatic heterocycles. The van der Waals surface area contributed by atoms with E-state index >= 15 is 0 Å². The lowest BCUT2D eigenvalue weighted by atomic mass is 9.95. The maximum Gasteiger partial charge on any atom is 0.320 e. The van der Waals surface area contributed by atoms with Gasteiger partial charge in [-0.05, 0) is 65.1 Å². The lowest BCUT2D eigenvalue weighted by Gasteiger charge is -2.39. The van der Waals surface area contributed by atoms with E-state index in [1.54, 1.807) is 17.4 Å². The molecule has 1 N–H and O–H groups in total. The van der Waals surface area contributed by atoms with Gasteiger partial charge in [-0.25, -0.2) is 4.39 Å². The third-order valence-corrected chi connectivity index (χ3v) is 5.86. The summed E-state index contributed by atoms with van der Waals surface area (Å²) in [6.07, 6.45) is 2.51. The molecule has 2 aromatic rings. The molecule has 0 radical (unpaired) electrons. The Balaban J connectivity index is 2.05. The van der Waals surface area contributed by atoms with Crippen molar-refractivity contribution in [1.29, 1.82) is 0 Å². The number of halogens is 2. The second kappa shape index (κ2) is 7.11. The maximum absolute atomic E-state index is 13.7. The van der Waals surface area contributed by atoms with Crippen molar-refractivity contribution < 1.29 is 14.3 Å². The third kappa shape index (κ3) is 3.65. The van der Waals surface area contributed by atoms with Gasteiger partial charge in [0.2, 0.25) is 0 Å². The molecule has 2 unspecified atom stereocenters. The van der Waals surface area contributed by atoms with Gasteiger partial charge in [0.05, 0.1) is 9.83 Å². The van der Waals surface area contributed by atoms with Crippen molar-refractivity contribution in [1.82, 2.24) is 4.90 Å². The topological polar surface area (TPSA) is 40.5 Å². The minimum atomic E-state index is -0.804. The van der Waals surface area contributed by atoms with E-state index in [0.29, 0.717) is 13.0 Å². The molecule has 0 saturated carbocycles. The zero-order valence-corrected chi connectivity index (χ0v) is 14.8. The van der Waals surface area contributed by atoms with Crippen LogP contribution in [-0.2, 0) is 4.79 Å². The Morgan fingerprint density at radius 1 is 1.35 bits per heavy atom. The molecule has 122 valence electrons. The molecule has 1 saturated heterocycles. The second-order valence-corrected chi connectivity index (χ2v) is 8.18. The van der Waals surface area contributed by atoms with Gasteiger partial charge in [-0.1, -0.05) is 18.6 Å². The molecule has 0 aliphatic carbocycles. The van der Waals surface area contributed by atoms with Gasteiger partial charge in [-0.3, -0.25) is 9.69 Å². The highest BCUT2D eigenvalue weighted by Gasteiger charge is 2.35. The zero-order chi connectivity index (χ0) is 16.4. The van der Waals surface area contributed by atoms with Crippen LogP contribution in [0.5, 0.6) is 0 Å². The van der Waals surface area contributed by atoms with Crippen LogP contribution in [0.2, 0.25) is 0 Å². The molecule has 0 amide bonds. The predicted molar refractivity (Wildman–Crippen MR) is 92.2 cm³/mol. The fourth-order valence-corrected chi connectivity index (χ4v) is 4.77. The van der Waals surface area contributed by atoms with Crippen LogP contribution in [0.4, 0.5) is 4.39 Å². The highest BCUT2D eigenvalue weighted by Crippen LogP contribution is 2.38. The predicted octanol–water partition coefficient (Wildman–Crippen LogP) is 4.68. The number of thiophene rings is 1. The average Bonchev–Trinajstić information content (AvgIpc) is 2.94. The summed E-state index contributed by atoms with van der Waals surface area (Å²) in [5.74, 6) is -1.10. The van der Waals surface area contributed by atoms with Crippen LogP contribution in [0.1, 0.15) is 35.7 Å². The molecule has 2 atom stereocenters. The zero-order valence-electron chi connectivity index (χ0n) is 12.4. The molecule has 0 spiro atoms. The second-order valence-electron chi connectivity index (χ2n) is 5.69. The fraction of sp³-hybridized carbons (Fsp3) is 0.353. The number of carbonyl (C=O) groups is 1. The largest absolute Gasteiger partial charge is 0.480 e. The number of piperidine rings is 1. The summed E-state index contributed by atoms with van der Waals surface area (Å²) < 4.78 is 14.7. The molecule has 1 aromatic heterocycles. The molecule has 1 aromatic carbocycles. The van der Waals surface area contributed by atoms with E-state index in [9.17, 15) is 14.3 Å². The first-order valence-electron chi connectivity index (χ1n) is 7.55. The Kier molecular flexibility index (Phi) is 5.14. The van der Waals surface area contributed by atoms with Gasteiger partial charge in [0, 0.05) is 4.88 Å². The van der Waals surface area contributed by atoms with E-state index in [1.165, 1.54) is 12.1 Å². The van der Waals surface area contributed by atoms with Gasteiger partial charge < -0.3 is 5.11 Å². The number of likely N-dealkylation sites (tertiary alicyclic amines) is 1. The number of nitrogens with zero attached hydrogens (tertiary/aromatic N) is 1. The standard InChI is InChI=1S/C17H17BrFNO2S/c18-15-8-7-14(23-15)16(11-4-3-5-12(19)10-11)20-9-2-1-6-13(20)17(21)22/h3-5,7-8,10,13,16H,1-2,6,9H2,(H,21,22). The number of benzene rings is 1. The van der Waals surface area contributed by atoms with Gasteiger partial charge in [-0.15, -0.1) is 11.3 Å². The Morgan fingerprint density at radius 3 is 2.83 bits per heavy atom. The average molecular weight is 398 g/mol. The van der Waals surface area contributed by atoms with Crippen molar-refractivity contribution in [2.75, 3.05) is 6.54 Å². The summed E-state index contributed by atoms with van der Waals surface area (Å²) in [4.78, 5) is 14.7. The SMILES string of the molecule is O=C(O)C1CCCCN1C(c1cccc(F)c1)c1ccc(Br)s1. The van der Waals surface area contributed by atoms with Crippen LogP contribution in [-0.4, -0.2) is 28.6 Å². The molecular weight excluding hydrogens is 381 g/mol. The minimum Gasteiger partial charge on any atom is -0.480 e. The van der Waals surface area contributed by atoms with Crippen LogP contribution in [0, 0.1) is 5.82 Å². The number of hydrogen-bond donors (Lipinski definition) is 1. The lowest BCUT2D eigenvalue weighted by Crippen LogP contribution is -2.46. The summed E-state index contributed by atoms with van der Waals surface area (Å²) in [5.41, 5.74) is 0.799. The Bertz CT molecular complexity index is 705. The van der Waals surface area contributed by atoms with E-state index in [2.05, 4.69) is 15.9 Å². The van der Waals surface area contributed by atoms with Gasteiger partial charge in [0.15, 0.2) is 0 Å². The van der Waals surface area contributed by atoms with Crippen LogP contribution in [0.15, 0.2) is 40.2 Å². The van der Waals surface area contributed by atoms with E-state index in [-0.39, 0.29) is 11.9 Å². The van der Waals surface area contributed by atoms with Crippen LogP contribution < -0.4 is 0 Å². The Hall–Kier alpha value is -1.24. The van der Waals surface area contributed by atoms with Crippen LogP contribution in [0.25, 0.3) is 0 Å². The van der Waals surface area contributed by atoms with E-state index in [1.807, 2.05) is 23.1 Å². The monoisotopic (exact) mass is 397 g/mol. The molecule has 23 heavy (non-hydrogen) atoms. The molecule has 6 heteroatoms. The Morgan fingerprint density at radius 2 is 2.17 bits per heavy atom. The molecule has 1 fully saturated rings. The molecule has 2 heterocycles. The summed E-state index contributed by atoms with van der Waals surface area (Å²) in [5, 5.41) is 9.59. The number of carboxylic acids is 1. The molecule has 1 aliphatic rings. The van der Waals surface area contributed by atoms with Gasteiger partial charge in [0.1, 0.15) is 11.9 Å². The normalized spacial score (nSPS) is 20.3. The summed E-state index contributed by atoms with van der Waals surface area (Å²) >= 11 is 5.03. The third-order valence-electron chi connectivity index (χ3n) is 4.19. The number of carboxylic acid groups (broad SMARTS) is 1. The maximum atomic E-state index is 13.7. The van der Waals surface area contributed by atoms with Gasteiger partial charge in [0.25, 0.3) is 0 Å². The molecule has 3 rings (SSSR count). The van der Waals surface area contributed by atoms with E-state index in [0.717, 1.165) is 27.1 Å². The van der Waals surface area contributed by atoms with Crippen LogP contribution >= 0.6 is 27.3 Å².